The second kappa shape index (κ2) is 6.80. The average molecular weight is 285 g/mol. The van der Waals surface area contributed by atoms with Gasteiger partial charge in [0.15, 0.2) is 0 Å². The Morgan fingerprint density at radius 2 is 2.24 bits per heavy atom. The molecule has 21 heavy (non-hydrogen) atoms. The Bertz CT molecular complexity index is 551. The van der Waals surface area contributed by atoms with Gasteiger partial charge in [0.05, 0.1) is 11.7 Å². The molecule has 1 saturated heterocycles. The van der Waals surface area contributed by atoms with Crippen molar-refractivity contribution in [1.29, 1.82) is 0 Å². The smallest absolute Gasteiger partial charge is 0.106 e. The molecule has 0 saturated carbocycles. The number of nitrogens with one attached hydrogen (secondary N) is 1. The first-order valence-corrected chi connectivity index (χ1v) is 7.89. The molecule has 1 aliphatic rings. The highest BCUT2D eigenvalue weighted by molar-refractivity contribution is 5.08. The van der Waals surface area contributed by atoms with E-state index in [1.807, 2.05) is 12.4 Å². The van der Waals surface area contributed by atoms with Gasteiger partial charge < -0.3 is 4.98 Å². The Morgan fingerprint density at radius 3 is 3.05 bits per heavy atom. The molecule has 3 rings (SSSR count). The van der Waals surface area contributed by atoms with Crippen LogP contribution in [0.3, 0.4) is 0 Å². The Hall–Kier alpha value is -1.75. The third kappa shape index (κ3) is 3.47. The summed E-state index contributed by atoms with van der Waals surface area (Å²) in [5.41, 5.74) is 2.29. The van der Waals surface area contributed by atoms with Gasteiger partial charge >= 0.3 is 0 Å². The van der Waals surface area contributed by atoms with E-state index in [1.54, 1.807) is 12.4 Å². The van der Waals surface area contributed by atoms with E-state index in [9.17, 15) is 0 Å². The number of likely N-dealkylation sites (tertiary alicyclic amines) is 1. The van der Waals surface area contributed by atoms with Crippen molar-refractivity contribution >= 4 is 0 Å². The molecule has 0 aliphatic carbocycles. The van der Waals surface area contributed by atoms with Crippen LogP contribution in [-0.2, 0) is 13.0 Å². The van der Waals surface area contributed by atoms with Gasteiger partial charge in [0, 0.05) is 43.4 Å². The predicted octanol–water partition coefficient (Wildman–Crippen LogP) is 2.88. The maximum atomic E-state index is 4.48. The van der Waals surface area contributed by atoms with Crippen LogP contribution in [0, 0.1) is 0 Å². The second-order valence-corrected chi connectivity index (χ2v) is 5.72. The largest absolute Gasteiger partial charge is 0.345 e. The standard InChI is InChI=1S/C16H23N5/c1-2-3-6-16-19-10-13(20-16)12-21-9-4-5-15(21)14-11-17-7-8-18-14/h7-8,10-11,15H,2-6,9,12H2,1H3,(H,19,20)/t15-/m0/s1. The molecule has 5 heteroatoms. The van der Waals surface area contributed by atoms with Crippen molar-refractivity contribution in [3.05, 3.63) is 42.0 Å². The summed E-state index contributed by atoms with van der Waals surface area (Å²) in [6, 6.07) is 0.390. The molecule has 0 spiro atoms. The van der Waals surface area contributed by atoms with Crippen LogP contribution >= 0.6 is 0 Å². The minimum atomic E-state index is 0.390. The van der Waals surface area contributed by atoms with E-state index < -0.39 is 0 Å². The summed E-state index contributed by atoms with van der Waals surface area (Å²) in [5.74, 6) is 1.11. The van der Waals surface area contributed by atoms with Crippen molar-refractivity contribution in [2.75, 3.05) is 6.54 Å². The molecule has 1 fully saturated rings. The lowest BCUT2D eigenvalue weighted by atomic mass is 10.1. The molecule has 1 N–H and O–H groups in total. The molecular formula is C16H23N5. The number of hydrogen-bond donors (Lipinski definition) is 1. The van der Waals surface area contributed by atoms with Crippen LogP contribution < -0.4 is 0 Å². The minimum absolute atomic E-state index is 0.390. The van der Waals surface area contributed by atoms with Gasteiger partial charge in [-0.2, -0.15) is 0 Å². The van der Waals surface area contributed by atoms with Crippen molar-refractivity contribution in [1.82, 2.24) is 24.8 Å². The number of nitrogens with zero attached hydrogens (tertiary/aromatic N) is 4. The lowest BCUT2D eigenvalue weighted by molar-refractivity contribution is 0.241. The fraction of sp³-hybridized carbons (Fsp3) is 0.562. The number of aryl methyl sites for hydroxylation is 1. The zero-order valence-electron chi connectivity index (χ0n) is 12.6. The summed E-state index contributed by atoms with van der Waals surface area (Å²) in [7, 11) is 0. The van der Waals surface area contributed by atoms with Crippen molar-refractivity contribution in [3.8, 4) is 0 Å². The normalized spacial score (nSPS) is 19.2. The van der Waals surface area contributed by atoms with Gasteiger partial charge in [-0.1, -0.05) is 13.3 Å². The van der Waals surface area contributed by atoms with E-state index in [1.165, 1.54) is 25.0 Å². The van der Waals surface area contributed by atoms with Gasteiger partial charge in [-0.3, -0.25) is 14.9 Å². The third-order valence-corrected chi connectivity index (χ3v) is 4.11. The molecule has 112 valence electrons. The number of hydrogen-bond acceptors (Lipinski definition) is 4. The number of aromatic nitrogens is 4. The maximum Gasteiger partial charge on any atom is 0.106 e. The van der Waals surface area contributed by atoms with Crippen molar-refractivity contribution in [2.24, 2.45) is 0 Å². The van der Waals surface area contributed by atoms with Gasteiger partial charge in [0.2, 0.25) is 0 Å². The zero-order valence-corrected chi connectivity index (χ0v) is 12.6. The van der Waals surface area contributed by atoms with Crippen LogP contribution in [0.15, 0.2) is 24.8 Å². The Morgan fingerprint density at radius 1 is 1.29 bits per heavy atom. The number of unbranched alkanes of at least 4 members (excludes halogenated alkanes) is 1. The molecule has 0 bridgehead atoms. The Balaban J connectivity index is 1.65. The number of aromatic amines is 1. The lowest BCUT2D eigenvalue weighted by Gasteiger charge is -2.22. The molecule has 2 aromatic heterocycles. The van der Waals surface area contributed by atoms with Crippen molar-refractivity contribution < 1.29 is 0 Å². The van der Waals surface area contributed by atoms with E-state index in [4.69, 9.17) is 0 Å². The SMILES string of the molecule is CCCCc1ncc(CN2CCC[C@H]2c2cnccn2)[nH]1. The highest BCUT2D eigenvalue weighted by atomic mass is 15.2. The van der Waals surface area contributed by atoms with Gasteiger partial charge in [-0.25, -0.2) is 4.98 Å². The average Bonchev–Trinajstić information content (AvgIpc) is 3.16. The topological polar surface area (TPSA) is 57.7 Å². The summed E-state index contributed by atoms with van der Waals surface area (Å²) in [4.78, 5) is 19.1. The molecule has 5 nitrogen and oxygen atoms in total. The van der Waals surface area contributed by atoms with E-state index in [0.717, 1.165) is 37.4 Å². The summed E-state index contributed by atoms with van der Waals surface area (Å²) in [5, 5.41) is 0. The molecule has 0 radical (unpaired) electrons. The van der Waals surface area contributed by atoms with Crippen LogP contribution in [0.2, 0.25) is 0 Å². The molecule has 1 aliphatic heterocycles. The monoisotopic (exact) mass is 285 g/mol. The Labute approximate surface area is 125 Å². The van der Waals surface area contributed by atoms with E-state index in [-0.39, 0.29) is 0 Å². The third-order valence-electron chi connectivity index (χ3n) is 4.11. The van der Waals surface area contributed by atoms with Gasteiger partial charge in [-0.05, 0) is 25.8 Å². The second-order valence-electron chi connectivity index (χ2n) is 5.72. The van der Waals surface area contributed by atoms with Crippen LogP contribution in [-0.4, -0.2) is 31.4 Å². The molecule has 1 atom stereocenters. The lowest BCUT2D eigenvalue weighted by Crippen LogP contribution is -2.23. The molecule has 0 unspecified atom stereocenters. The first-order chi connectivity index (χ1) is 10.4. The van der Waals surface area contributed by atoms with Crippen LogP contribution in [0.5, 0.6) is 0 Å². The van der Waals surface area contributed by atoms with Gasteiger partial charge in [0.1, 0.15) is 5.82 Å². The van der Waals surface area contributed by atoms with Gasteiger partial charge in [0.25, 0.3) is 0 Å². The highest BCUT2D eigenvalue weighted by Crippen LogP contribution is 2.31. The first-order valence-electron chi connectivity index (χ1n) is 7.89. The summed E-state index contributed by atoms with van der Waals surface area (Å²) >= 11 is 0. The maximum absolute atomic E-state index is 4.48. The van der Waals surface area contributed by atoms with E-state index in [0.29, 0.717) is 6.04 Å². The quantitative estimate of drug-likeness (QED) is 0.886. The molecule has 2 aromatic rings. The van der Waals surface area contributed by atoms with Crippen molar-refractivity contribution in [2.45, 2.75) is 51.6 Å². The minimum Gasteiger partial charge on any atom is -0.345 e. The van der Waals surface area contributed by atoms with E-state index >= 15 is 0 Å². The molecule has 3 heterocycles. The summed E-state index contributed by atoms with van der Waals surface area (Å²) in [6.45, 7) is 4.24. The fourth-order valence-electron chi connectivity index (χ4n) is 3.01. The number of H-pyrrole nitrogens is 1. The summed E-state index contributed by atoms with van der Waals surface area (Å²) in [6.07, 6.45) is 13.2. The van der Waals surface area contributed by atoms with E-state index in [2.05, 4.69) is 31.8 Å². The first kappa shape index (κ1) is 14.2. The number of rotatable bonds is 6. The molecule has 0 aromatic carbocycles. The highest BCUT2D eigenvalue weighted by Gasteiger charge is 2.27. The Kier molecular flexibility index (Phi) is 4.60. The predicted molar refractivity (Wildman–Crippen MR) is 81.6 cm³/mol. The number of imidazole rings is 1. The molecule has 0 amide bonds. The van der Waals surface area contributed by atoms with Crippen molar-refractivity contribution in [3.63, 3.8) is 0 Å². The van der Waals surface area contributed by atoms with Gasteiger partial charge in [-0.15, -0.1) is 0 Å². The fourth-order valence-corrected chi connectivity index (χ4v) is 3.01. The molecular weight excluding hydrogens is 262 g/mol. The van der Waals surface area contributed by atoms with Crippen LogP contribution in [0.4, 0.5) is 0 Å². The van der Waals surface area contributed by atoms with Crippen LogP contribution in [0.1, 0.15) is 55.9 Å². The summed E-state index contributed by atoms with van der Waals surface area (Å²) < 4.78 is 0. The zero-order chi connectivity index (χ0) is 14.5. The van der Waals surface area contributed by atoms with Crippen LogP contribution in [0.25, 0.3) is 0 Å².